The van der Waals surface area contributed by atoms with Gasteiger partial charge in [0.25, 0.3) is 0 Å². The molecule has 1 heterocycles. The minimum Gasteiger partial charge on any atom is -0.354 e. The maximum Gasteiger partial charge on any atom is 0.220 e. The molecule has 0 aliphatic carbocycles. The summed E-state index contributed by atoms with van der Waals surface area (Å²) in [7, 11) is 0. The van der Waals surface area contributed by atoms with Gasteiger partial charge in [0, 0.05) is 24.8 Å². The Kier molecular flexibility index (Phi) is 5.08. The van der Waals surface area contributed by atoms with Crippen LogP contribution in [0.1, 0.15) is 23.6 Å². The van der Waals surface area contributed by atoms with Gasteiger partial charge in [-0.05, 0) is 30.3 Å². The molecule has 98 valence electrons. The lowest BCUT2D eigenvalue weighted by Crippen LogP contribution is -2.38. The van der Waals surface area contributed by atoms with Crippen LogP contribution in [0.3, 0.4) is 0 Å². The highest BCUT2D eigenvalue weighted by Gasteiger charge is 2.19. The zero-order valence-electron chi connectivity index (χ0n) is 10.7. The van der Waals surface area contributed by atoms with Crippen molar-refractivity contribution in [3.63, 3.8) is 0 Å². The topological polar surface area (TPSA) is 41.1 Å². The predicted octanol–water partition coefficient (Wildman–Crippen LogP) is 1.74. The molecule has 18 heavy (non-hydrogen) atoms. The normalized spacial score (nSPS) is 18.2. The van der Waals surface area contributed by atoms with E-state index in [1.165, 1.54) is 11.1 Å². The highest BCUT2D eigenvalue weighted by atomic mass is 32.2. The van der Waals surface area contributed by atoms with Crippen LogP contribution in [0.5, 0.6) is 0 Å². The Morgan fingerprint density at radius 3 is 3.17 bits per heavy atom. The van der Waals surface area contributed by atoms with E-state index in [2.05, 4.69) is 34.9 Å². The Labute approximate surface area is 113 Å². The van der Waals surface area contributed by atoms with Crippen LogP contribution in [0.4, 0.5) is 0 Å². The van der Waals surface area contributed by atoms with Gasteiger partial charge in [-0.25, -0.2) is 0 Å². The number of fused-ring (bicyclic) bond motifs is 1. The average Bonchev–Trinajstić information content (AvgIpc) is 2.42. The van der Waals surface area contributed by atoms with E-state index < -0.39 is 0 Å². The Hall–Kier alpha value is -1.00. The highest BCUT2D eigenvalue weighted by molar-refractivity contribution is 7.98. The fourth-order valence-corrected chi connectivity index (χ4v) is 2.66. The van der Waals surface area contributed by atoms with Gasteiger partial charge in [-0.3, -0.25) is 4.79 Å². The van der Waals surface area contributed by atoms with E-state index in [1.807, 2.05) is 6.26 Å². The first-order valence-electron chi connectivity index (χ1n) is 6.38. The van der Waals surface area contributed by atoms with Crippen molar-refractivity contribution in [2.45, 2.75) is 18.9 Å². The van der Waals surface area contributed by atoms with Gasteiger partial charge in [0.2, 0.25) is 5.91 Å². The van der Waals surface area contributed by atoms with Crippen molar-refractivity contribution in [1.82, 2.24) is 10.6 Å². The van der Waals surface area contributed by atoms with Gasteiger partial charge in [0.15, 0.2) is 0 Å². The molecule has 2 rings (SSSR count). The average molecular weight is 264 g/mol. The van der Waals surface area contributed by atoms with E-state index in [4.69, 9.17) is 0 Å². The SMILES string of the molecule is CSCCC(=O)NCC1NCCc2ccccc21. The lowest BCUT2D eigenvalue weighted by Gasteiger charge is -2.27. The Morgan fingerprint density at radius 2 is 2.33 bits per heavy atom. The number of benzene rings is 1. The molecule has 0 spiro atoms. The standard InChI is InChI=1S/C14H20N2OS/c1-18-9-7-14(17)16-10-13-12-5-3-2-4-11(12)6-8-15-13/h2-5,13,15H,6-10H2,1H3,(H,16,17). The van der Waals surface area contributed by atoms with Gasteiger partial charge in [-0.2, -0.15) is 11.8 Å². The van der Waals surface area contributed by atoms with Gasteiger partial charge >= 0.3 is 0 Å². The second kappa shape index (κ2) is 6.81. The highest BCUT2D eigenvalue weighted by Crippen LogP contribution is 2.21. The minimum atomic E-state index is 0.147. The van der Waals surface area contributed by atoms with E-state index in [0.29, 0.717) is 13.0 Å². The third-order valence-electron chi connectivity index (χ3n) is 3.25. The van der Waals surface area contributed by atoms with Crippen LogP contribution in [-0.2, 0) is 11.2 Å². The van der Waals surface area contributed by atoms with Crippen molar-refractivity contribution in [2.75, 3.05) is 25.1 Å². The fourth-order valence-electron chi connectivity index (χ4n) is 2.27. The van der Waals surface area contributed by atoms with Gasteiger partial charge in [0.05, 0.1) is 0 Å². The van der Waals surface area contributed by atoms with Crippen molar-refractivity contribution in [3.8, 4) is 0 Å². The van der Waals surface area contributed by atoms with Crippen LogP contribution < -0.4 is 10.6 Å². The summed E-state index contributed by atoms with van der Waals surface area (Å²) < 4.78 is 0. The largest absolute Gasteiger partial charge is 0.354 e. The van der Waals surface area contributed by atoms with E-state index >= 15 is 0 Å². The number of hydrogen-bond donors (Lipinski definition) is 2. The molecule has 0 saturated heterocycles. The summed E-state index contributed by atoms with van der Waals surface area (Å²) in [4.78, 5) is 11.6. The Balaban J connectivity index is 1.89. The molecule has 1 aromatic rings. The number of hydrogen-bond acceptors (Lipinski definition) is 3. The second-order valence-electron chi connectivity index (χ2n) is 4.50. The molecular weight excluding hydrogens is 244 g/mol. The minimum absolute atomic E-state index is 0.147. The molecule has 0 radical (unpaired) electrons. The number of carbonyl (C=O) groups is 1. The van der Waals surface area contributed by atoms with Crippen molar-refractivity contribution in [3.05, 3.63) is 35.4 Å². The molecular formula is C14H20N2OS. The zero-order chi connectivity index (χ0) is 12.8. The van der Waals surface area contributed by atoms with E-state index in [1.54, 1.807) is 11.8 Å². The maximum atomic E-state index is 11.6. The first kappa shape index (κ1) is 13.4. The summed E-state index contributed by atoms with van der Waals surface area (Å²) in [5, 5.41) is 6.48. The Bertz CT molecular complexity index is 409. The lowest BCUT2D eigenvalue weighted by molar-refractivity contribution is -0.120. The van der Waals surface area contributed by atoms with E-state index in [0.717, 1.165) is 18.7 Å². The fraction of sp³-hybridized carbons (Fsp3) is 0.500. The molecule has 1 aromatic carbocycles. The maximum absolute atomic E-state index is 11.6. The van der Waals surface area contributed by atoms with E-state index in [9.17, 15) is 4.79 Å². The first-order valence-corrected chi connectivity index (χ1v) is 7.77. The number of rotatable bonds is 5. The number of nitrogens with one attached hydrogen (secondary N) is 2. The van der Waals surface area contributed by atoms with Crippen LogP contribution >= 0.6 is 11.8 Å². The Morgan fingerprint density at radius 1 is 1.50 bits per heavy atom. The second-order valence-corrected chi connectivity index (χ2v) is 5.49. The molecule has 0 fully saturated rings. The summed E-state index contributed by atoms with van der Waals surface area (Å²) in [6, 6.07) is 8.74. The first-order chi connectivity index (χ1) is 8.81. The van der Waals surface area contributed by atoms with Crippen LogP contribution in [-0.4, -0.2) is 31.0 Å². The van der Waals surface area contributed by atoms with Gasteiger partial charge in [-0.1, -0.05) is 24.3 Å². The number of carbonyl (C=O) groups excluding carboxylic acids is 1. The number of amides is 1. The van der Waals surface area contributed by atoms with Gasteiger partial charge in [-0.15, -0.1) is 0 Å². The van der Waals surface area contributed by atoms with E-state index in [-0.39, 0.29) is 11.9 Å². The third-order valence-corrected chi connectivity index (χ3v) is 3.86. The van der Waals surface area contributed by atoms with Crippen molar-refractivity contribution in [2.24, 2.45) is 0 Å². The van der Waals surface area contributed by atoms with Crippen molar-refractivity contribution < 1.29 is 4.79 Å². The molecule has 0 aromatic heterocycles. The molecule has 1 atom stereocenters. The monoisotopic (exact) mass is 264 g/mol. The molecule has 1 aliphatic rings. The number of thioether (sulfide) groups is 1. The van der Waals surface area contributed by atoms with Crippen molar-refractivity contribution >= 4 is 17.7 Å². The molecule has 2 N–H and O–H groups in total. The van der Waals surface area contributed by atoms with Crippen LogP contribution in [0.15, 0.2) is 24.3 Å². The summed E-state index contributed by atoms with van der Waals surface area (Å²) in [5.41, 5.74) is 2.73. The van der Waals surface area contributed by atoms with Crippen LogP contribution in [0.25, 0.3) is 0 Å². The lowest BCUT2D eigenvalue weighted by atomic mass is 9.94. The summed E-state index contributed by atoms with van der Waals surface area (Å²) in [6.45, 7) is 1.67. The van der Waals surface area contributed by atoms with Crippen LogP contribution in [0, 0.1) is 0 Å². The summed E-state index contributed by atoms with van der Waals surface area (Å²) in [5.74, 6) is 1.04. The summed E-state index contributed by atoms with van der Waals surface area (Å²) >= 11 is 1.70. The third kappa shape index (κ3) is 3.50. The molecule has 3 nitrogen and oxygen atoms in total. The molecule has 4 heteroatoms. The van der Waals surface area contributed by atoms with Crippen LogP contribution in [0.2, 0.25) is 0 Å². The van der Waals surface area contributed by atoms with Crippen molar-refractivity contribution in [1.29, 1.82) is 0 Å². The van der Waals surface area contributed by atoms with Gasteiger partial charge in [0.1, 0.15) is 0 Å². The predicted molar refractivity (Wildman–Crippen MR) is 76.9 cm³/mol. The molecule has 0 bridgehead atoms. The summed E-state index contributed by atoms with van der Waals surface area (Å²) in [6.07, 6.45) is 3.70. The molecule has 1 unspecified atom stereocenters. The molecule has 0 saturated carbocycles. The molecule has 1 amide bonds. The zero-order valence-corrected chi connectivity index (χ0v) is 11.6. The quantitative estimate of drug-likeness (QED) is 0.851. The molecule has 1 aliphatic heterocycles. The smallest absolute Gasteiger partial charge is 0.220 e. The van der Waals surface area contributed by atoms with Gasteiger partial charge < -0.3 is 10.6 Å².